The molecule has 7 nitrogen and oxygen atoms in total. The molecule has 4 rings (SSSR count). The van der Waals surface area contributed by atoms with Crippen molar-refractivity contribution >= 4 is 5.82 Å². The number of methoxy groups -OCH3 is 1. The minimum Gasteiger partial charge on any atom is -0.481 e. The summed E-state index contributed by atoms with van der Waals surface area (Å²) in [6.07, 6.45) is 4.08. The molecule has 2 aliphatic rings. The maximum Gasteiger partial charge on any atom is 0.220 e. The van der Waals surface area contributed by atoms with E-state index in [1.807, 2.05) is 6.07 Å². The Morgan fingerprint density at radius 2 is 2.23 bits per heavy atom. The monoisotopic (exact) mass is 302 g/mol. The van der Waals surface area contributed by atoms with Crippen molar-refractivity contribution in [3.8, 4) is 5.88 Å². The summed E-state index contributed by atoms with van der Waals surface area (Å²) in [5.74, 6) is 3.68. The minimum absolute atomic E-state index is 0.463. The molecule has 0 unspecified atom stereocenters. The number of ether oxygens (including phenoxy) is 2. The molecule has 1 saturated carbocycles. The third kappa shape index (κ3) is 2.76. The number of hydrogen-bond donors (Lipinski definition) is 0. The van der Waals surface area contributed by atoms with E-state index in [1.165, 1.54) is 19.2 Å². The van der Waals surface area contributed by atoms with Crippen LogP contribution in [0, 0.1) is 5.92 Å². The Hall–Kier alpha value is -2.15. The Bertz CT molecular complexity index is 645. The number of anilines is 1. The zero-order chi connectivity index (χ0) is 14.9. The predicted octanol–water partition coefficient (Wildman–Crippen LogP) is 1.92. The van der Waals surface area contributed by atoms with Crippen molar-refractivity contribution in [1.82, 2.24) is 15.0 Å². The third-order valence-electron chi connectivity index (χ3n) is 3.93. The van der Waals surface area contributed by atoms with Gasteiger partial charge in [0.2, 0.25) is 11.8 Å². The van der Waals surface area contributed by atoms with E-state index in [0.29, 0.717) is 31.5 Å². The number of aromatic nitrogens is 3. The quantitative estimate of drug-likeness (QED) is 0.807. The molecule has 1 aliphatic heterocycles. The second kappa shape index (κ2) is 5.57. The summed E-state index contributed by atoms with van der Waals surface area (Å²) in [5, 5.41) is 0. The van der Waals surface area contributed by atoms with Crippen LogP contribution in [-0.4, -0.2) is 28.7 Å². The number of rotatable bonds is 6. The van der Waals surface area contributed by atoms with Gasteiger partial charge in [0.05, 0.1) is 26.8 Å². The van der Waals surface area contributed by atoms with Crippen LogP contribution < -0.4 is 9.64 Å². The van der Waals surface area contributed by atoms with Gasteiger partial charge in [0.25, 0.3) is 0 Å². The first-order valence-corrected chi connectivity index (χ1v) is 7.48. The van der Waals surface area contributed by atoms with Crippen LogP contribution >= 0.6 is 0 Å². The van der Waals surface area contributed by atoms with Crippen LogP contribution in [0.1, 0.15) is 30.2 Å². The molecular formula is C15H18N4O3. The van der Waals surface area contributed by atoms with Gasteiger partial charge in [-0.25, -0.2) is 15.0 Å². The third-order valence-corrected chi connectivity index (χ3v) is 3.93. The van der Waals surface area contributed by atoms with Crippen LogP contribution in [0.2, 0.25) is 0 Å². The highest BCUT2D eigenvalue weighted by Crippen LogP contribution is 2.30. The summed E-state index contributed by atoms with van der Waals surface area (Å²) < 4.78 is 16.5. The Kier molecular flexibility index (Phi) is 3.42. The fraction of sp³-hybridized carbons (Fsp3) is 0.533. The largest absolute Gasteiger partial charge is 0.481 e. The smallest absolute Gasteiger partial charge is 0.220 e. The SMILES string of the molecule is COc1cc(N2Cc3nc(COCC4CC4)oc3C2)ncn1. The van der Waals surface area contributed by atoms with Gasteiger partial charge < -0.3 is 18.8 Å². The lowest BCUT2D eigenvalue weighted by molar-refractivity contribution is 0.0930. The molecule has 0 aromatic carbocycles. The summed E-state index contributed by atoms with van der Waals surface area (Å²) >= 11 is 0. The van der Waals surface area contributed by atoms with Crippen LogP contribution in [-0.2, 0) is 24.4 Å². The molecule has 2 aromatic rings. The lowest BCUT2D eigenvalue weighted by Gasteiger charge is -2.15. The van der Waals surface area contributed by atoms with Gasteiger partial charge in [-0.1, -0.05) is 0 Å². The topological polar surface area (TPSA) is 73.5 Å². The first kappa shape index (κ1) is 13.5. The van der Waals surface area contributed by atoms with E-state index in [4.69, 9.17) is 13.9 Å². The van der Waals surface area contributed by atoms with Crippen molar-refractivity contribution in [3.05, 3.63) is 29.7 Å². The molecule has 0 bridgehead atoms. The van der Waals surface area contributed by atoms with E-state index in [1.54, 1.807) is 7.11 Å². The maximum absolute atomic E-state index is 5.78. The molecule has 0 saturated heterocycles. The zero-order valence-electron chi connectivity index (χ0n) is 12.5. The van der Waals surface area contributed by atoms with E-state index in [-0.39, 0.29) is 0 Å². The van der Waals surface area contributed by atoms with E-state index in [2.05, 4.69) is 19.9 Å². The van der Waals surface area contributed by atoms with Gasteiger partial charge in [0.15, 0.2) is 0 Å². The molecule has 3 heterocycles. The van der Waals surface area contributed by atoms with Gasteiger partial charge in [0.1, 0.15) is 30.2 Å². The molecule has 0 spiro atoms. The normalized spacial score (nSPS) is 16.9. The van der Waals surface area contributed by atoms with E-state index in [9.17, 15) is 0 Å². The summed E-state index contributed by atoms with van der Waals surface area (Å²) in [4.78, 5) is 14.9. The highest BCUT2D eigenvalue weighted by molar-refractivity contribution is 5.44. The lowest BCUT2D eigenvalue weighted by atomic mass is 10.4. The molecule has 2 aromatic heterocycles. The highest BCUT2D eigenvalue weighted by atomic mass is 16.5. The summed E-state index contributed by atoms with van der Waals surface area (Å²) in [7, 11) is 1.59. The lowest BCUT2D eigenvalue weighted by Crippen LogP contribution is -2.17. The van der Waals surface area contributed by atoms with Crippen molar-refractivity contribution in [2.45, 2.75) is 32.5 Å². The van der Waals surface area contributed by atoms with Gasteiger partial charge in [-0.15, -0.1) is 0 Å². The van der Waals surface area contributed by atoms with E-state index >= 15 is 0 Å². The molecule has 116 valence electrons. The van der Waals surface area contributed by atoms with Crippen molar-refractivity contribution in [1.29, 1.82) is 0 Å². The van der Waals surface area contributed by atoms with Gasteiger partial charge in [0, 0.05) is 6.07 Å². The van der Waals surface area contributed by atoms with Gasteiger partial charge in [-0.2, -0.15) is 0 Å². The molecule has 22 heavy (non-hydrogen) atoms. The van der Waals surface area contributed by atoms with Crippen molar-refractivity contribution < 1.29 is 13.9 Å². The molecule has 7 heteroatoms. The van der Waals surface area contributed by atoms with Gasteiger partial charge in [-0.3, -0.25) is 0 Å². The summed E-state index contributed by atoms with van der Waals surface area (Å²) in [6.45, 7) is 2.62. The number of hydrogen-bond acceptors (Lipinski definition) is 7. The fourth-order valence-corrected chi connectivity index (χ4v) is 2.53. The molecular weight excluding hydrogens is 284 g/mol. The van der Waals surface area contributed by atoms with Crippen molar-refractivity contribution in [3.63, 3.8) is 0 Å². The number of nitrogens with zero attached hydrogens (tertiary/aromatic N) is 4. The molecule has 1 aliphatic carbocycles. The zero-order valence-corrected chi connectivity index (χ0v) is 12.5. The van der Waals surface area contributed by atoms with Crippen LogP contribution in [0.25, 0.3) is 0 Å². The standard InChI is InChI=1S/C15H18N4O3/c1-20-14-4-13(16-9-17-14)19-5-11-12(6-19)22-15(18-11)8-21-7-10-2-3-10/h4,9-10H,2-3,5-8H2,1H3. The Balaban J connectivity index is 1.39. The van der Waals surface area contributed by atoms with Crippen LogP contribution in [0.5, 0.6) is 5.88 Å². The second-order valence-electron chi connectivity index (χ2n) is 5.71. The first-order valence-electron chi connectivity index (χ1n) is 7.48. The summed E-state index contributed by atoms with van der Waals surface area (Å²) in [6, 6.07) is 1.81. The average molecular weight is 302 g/mol. The van der Waals surface area contributed by atoms with Gasteiger partial charge in [-0.05, 0) is 18.8 Å². The van der Waals surface area contributed by atoms with Crippen molar-refractivity contribution in [2.24, 2.45) is 5.92 Å². The minimum atomic E-state index is 0.463. The molecule has 0 amide bonds. The van der Waals surface area contributed by atoms with E-state index < -0.39 is 0 Å². The Labute approximate surface area is 128 Å². The first-order chi connectivity index (χ1) is 10.8. The van der Waals surface area contributed by atoms with E-state index in [0.717, 1.165) is 29.8 Å². The van der Waals surface area contributed by atoms with Crippen molar-refractivity contribution in [2.75, 3.05) is 18.6 Å². The molecule has 0 atom stereocenters. The molecule has 1 fully saturated rings. The van der Waals surface area contributed by atoms with Crippen LogP contribution in [0.15, 0.2) is 16.8 Å². The highest BCUT2D eigenvalue weighted by Gasteiger charge is 2.27. The Morgan fingerprint density at radius 1 is 1.32 bits per heavy atom. The Morgan fingerprint density at radius 3 is 3.00 bits per heavy atom. The number of oxazole rings is 1. The van der Waals surface area contributed by atoms with Crippen LogP contribution in [0.3, 0.4) is 0 Å². The van der Waals surface area contributed by atoms with Crippen LogP contribution in [0.4, 0.5) is 5.82 Å². The fourth-order valence-electron chi connectivity index (χ4n) is 2.53. The number of fused-ring (bicyclic) bond motifs is 1. The summed E-state index contributed by atoms with van der Waals surface area (Å²) in [5.41, 5.74) is 0.961. The molecule has 0 radical (unpaired) electrons. The second-order valence-corrected chi connectivity index (χ2v) is 5.71. The van der Waals surface area contributed by atoms with Gasteiger partial charge >= 0.3 is 0 Å². The average Bonchev–Trinajstić information content (AvgIpc) is 3.15. The maximum atomic E-state index is 5.78. The molecule has 0 N–H and O–H groups in total. The predicted molar refractivity (Wildman–Crippen MR) is 77.4 cm³/mol.